The Morgan fingerprint density at radius 2 is 2.15 bits per heavy atom. The first kappa shape index (κ1) is 14.4. The maximum Gasteiger partial charge on any atom is 0.230 e. The Balaban J connectivity index is 1.60. The molecule has 1 aromatic carbocycles. The molecule has 6 aliphatic rings. The summed E-state index contributed by atoms with van der Waals surface area (Å²) in [4.78, 5) is 18.3. The zero-order valence-corrected chi connectivity index (χ0v) is 15.1. The van der Waals surface area contributed by atoms with Crippen molar-refractivity contribution in [2.24, 2.45) is 11.8 Å². The number of ether oxygens (including phenoxy) is 1. The molecule has 0 N–H and O–H groups in total. The van der Waals surface area contributed by atoms with E-state index < -0.39 is 0 Å². The van der Waals surface area contributed by atoms with Crippen LogP contribution in [0.2, 0.25) is 0 Å². The summed E-state index contributed by atoms with van der Waals surface area (Å²) in [6.45, 7) is 5.34. The molecule has 2 unspecified atom stereocenters. The molecular weight excluding hydrogens is 324 g/mol. The summed E-state index contributed by atoms with van der Waals surface area (Å²) in [6.07, 6.45) is 5.35. The number of para-hydroxylation sites is 1. The topological polar surface area (TPSA) is 32.8 Å². The van der Waals surface area contributed by atoms with Gasteiger partial charge in [0.05, 0.1) is 24.7 Å². The fraction of sp³-hybridized carbons (Fsp3) is 0.591. The van der Waals surface area contributed by atoms with Crippen molar-refractivity contribution >= 4 is 11.6 Å². The van der Waals surface area contributed by atoms with Crippen LogP contribution in [0.1, 0.15) is 31.7 Å². The molecule has 3 saturated heterocycles. The van der Waals surface area contributed by atoms with Gasteiger partial charge in [-0.3, -0.25) is 9.69 Å². The molecule has 2 bridgehead atoms. The monoisotopic (exact) mass is 348 g/mol. The fourth-order valence-corrected chi connectivity index (χ4v) is 8.19. The molecule has 0 radical (unpaired) electrons. The largest absolute Gasteiger partial charge is 0.373 e. The number of hydrogen-bond acceptors (Lipinski definition) is 3. The molecule has 4 heteroatoms. The molecule has 5 aliphatic heterocycles. The van der Waals surface area contributed by atoms with E-state index in [1.165, 1.54) is 17.7 Å². The summed E-state index contributed by atoms with van der Waals surface area (Å²) >= 11 is 0. The molecule has 1 spiro atoms. The van der Waals surface area contributed by atoms with Crippen LogP contribution in [0.25, 0.3) is 0 Å². The minimum Gasteiger partial charge on any atom is -0.373 e. The molecule has 1 amide bonds. The molecule has 134 valence electrons. The van der Waals surface area contributed by atoms with Gasteiger partial charge in [-0.1, -0.05) is 29.8 Å². The molecule has 4 fully saturated rings. The molecule has 4 nitrogen and oxygen atoms in total. The lowest BCUT2D eigenvalue weighted by molar-refractivity contribution is -0.140. The first-order valence-electron chi connectivity index (χ1n) is 10.1. The second kappa shape index (κ2) is 4.26. The van der Waals surface area contributed by atoms with Gasteiger partial charge < -0.3 is 9.64 Å². The highest BCUT2D eigenvalue weighted by molar-refractivity contribution is 6.00. The van der Waals surface area contributed by atoms with Crippen molar-refractivity contribution in [3.8, 4) is 0 Å². The maximum atomic E-state index is 13.4. The average Bonchev–Trinajstić information content (AvgIpc) is 3.05. The fourth-order valence-electron chi connectivity index (χ4n) is 8.19. The summed E-state index contributed by atoms with van der Waals surface area (Å²) in [5.41, 5.74) is 4.10. The Morgan fingerprint density at radius 3 is 3.08 bits per heavy atom. The van der Waals surface area contributed by atoms with Crippen molar-refractivity contribution in [1.82, 2.24) is 4.90 Å². The highest BCUT2D eigenvalue weighted by Crippen LogP contribution is 2.70. The van der Waals surface area contributed by atoms with Crippen molar-refractivity contribution in [3.63, 3.8) is 0 Å². The van der Waals surface area contributed by atoms with E-state index in [-0.39, 0.29) is 23.0 Å². The van der Waals surface area contributed by atoms with E-state index in [1.54, 1.807) is 5.57 Å². The van der Waals surface area contributed by atoms with Crippen LogP contribution >= 0.6 is 0 Å². The summed E-state index contributed by atoms with van der Waals surface area (Å²) in [6, 6.07) is 9.33. The third-order valence-corrected chi connectivity index (χ3v) is 8.90. The number of benzene rings is 1. The second-order valence-electron chi connectivity index (χ2n) is 9.32. The molecule has 26 heavy (non-hydrogen) atoms. The number of carbonyl (C=O) groups excluding carboxylic acids is 1. The summed E-state index contributed by atoms with van der Waals surface area (Å²) in [5, 5.41) is 0. The Morgan fingerprint density at radius 1 is 1.27 bits per heavy atom. The van der Waals surface area contributed by atoms with Gasteiger partial charge in [0, 0.05) is 29.6 Å². The van der Waals surface area contributed by atoms with Gasteiger partial charge in [0.25, 0.3) is 0 Å². The average molecular weight is 348 g/mol. The molecule has 7 rings (SSSR count). The third-order valence-electron chi connectivity index (χ3n) is 8.90. The van der Waals surface area contributed by atoms with Crippen molar-refractivity contribution in [2.45, 2.75) is 49.3 Å². The van der Waals surface area contributed by atoms with E-state index in [2.05, 4.69) is 47.1 Å². The van der Waals surface area contributed by atoms with Crippen LogP contribution in [0.15, 0.2) is 35.9 Å². The zero-order chi connectivity index (χ0) is 17.3. The predicted molar refractivity (Wildman–Crippen MR) is 98.0 cm³/mol. The van der Waals surface area contributed by atoms with Crippen LogP contribution in [-0.4, -0.2) is 48.2 Å². The molecular formula is C22H24N2O2. The Bertz CT molecular complexity index is 894. The van der Waals surface area contributed by atoms with Gasteiger partial charge in [-0.2, -0.15) is 0 Å². The maximum absolute atomic E-state index is 13.4. The lowest BCUT2D eigenvalue weighted by Gasteiger charge is -2.64. The first-order chi connectivity index (χ1) is 12.7. The minimum absolute atomic E-state index is 0.0678. The van der Waals surface area contributed by atoms with Crippen LogP contribution in [0.4, 0.5) is 5.69 Å². The lowest BCUT2D eigenvalue weighted by Crippen LogP contribution is -2.76. The molecule has 6 atom stereocenters. The van der Waals surface area contributed by atoms with Crippen LogP contribution in [0.5, 0.6) is 0 Å². The van der Waals surface area contributed by atoms with Gasteiger partial charge in [-0.25, -0.2) is 0 Å². The Kier molecular flexibility index (Phi) is 2.36. The van der Waals surface area contributed by atoms with E-state index in [9.17, 15) is 4.79 Å². The van der Waals surface area contributed by atoms with Crippen molar-refractivity contribution < 1.29 is 9.53 Å². The van der Waals surface area contributed by atoms with Gasteiger partial charge in [0.15, 0.2) is 0 Å². The van der Waals surface area contributed by atoms with E-state index in [4.69, 9.17) is 4.74 Å². The molecule has 0 aromatic heterocycles. The number of piperidine rings is 2. The number of fused-ring (bicyclic) bond motifs is 2. The number of anilines is 1. The van der Waals surface area contributed by atoms with Crippen LogP contribution < -0.4 is 4.90 Å². The quantitative estimate of drug-likeness (QED) is 0.676. The van der Waals surface area contributed by atoms with Gasteiger partial charge in [-0.15, -0.1) is 0 Å². The second-order valence-corrected chi connectivity index (χ2v) is 9.32. The van der Waals surface area contributed by atoms with Crippen LogP contribution in [-0.2, 0) is 14.9 Å². The number of amides is 1. The van der Waals surface area contributed by atoms with E-state index in [1.807, 2.05) is 0 Å². The normalized spacial score (nSPS) is 47.5. The predicted octanol–water partition coefficient (Wildman–Crippen LogP) is 2.48. The Labute approximate surface area is 153 Å². The number of nitrogens with zero attached hydrogens (tertiary/aromatic N) is 2. The van der Waals surface area contributed by atoms with Crippen LogP contribution in [0, 0.1) is 11.8 Å². The van der Waals surface area contributed by atoms with Crippen molar-refractivity contribution in [2.75, 3.05) is 24.6 Å². The first-order valence-corrected chi connectivity index (χ1v) is 10.1. The zero-order valence-electron chi connectivity index (χ0n) is 15.1. The van der Waals surface area contributed by atoms with Gasteiger partial charge in [0.2, 0.25) is 5.91 Å². The molecule has 1 saturated carbocycles. The number of hydrogen-bond donors (Lipinski definition) is 0. The van der Waals surface area contributed by atoms with Crippen molar-refractivity contribution in [3.05, 3.63) is 41.5 Å². The van der Waals surface area contributed by atoms with Crippen LogP contribution in [0.3, 0.4) is 0 Å². The smallest absolute Gasteiger partial charge is 0.230 e. The summed E-state index contributed by atoms with van der Waals surface area (Å²) < 4.78 is 6.31. The SMILES string of the molecule is CC12[C@@H]3C4CC(=O)N1c1ccccc1[C@@]21CCN2CC(=CCO4)[C@@H]3C[C@H]21. The van der Waals surface area contributed by atoms with E-state index in [0.29, 0.717) is 30.9 Å². The van der Waals surface area contributed by atoms with Crippen molar-refractivity contribution in [1.29, 1.82) is 0 Å². The Hall–Kier alpha value is -1.65. The lowest BCUT2D eigenvalue weighted by atomic mass is 9.47. The summed E-state index contributed by atoms with van der Waals surface area (Å²) in [5.74, 6) is 1.25. The molecule has 5 heterocycles. The van der Waals surface area contributed by atoms with E-state index in [0.717, 1.165) is 19.5 Å². The molecule has 1 aliphatic carbocycles. The minimum atomic E-state index is -0.164. The van der Waals surface area contributed by atoms with Gasteiger partial charge in [-0.05, 0) is 43.9 Å². The third kappa shape index (κ3) is 1.25. The molecule has 1 aromatic rings. The highest BCUT2D eigenvalue weighted by Gasteiger charge is 2.76. The number of carbonyl (C=O) groups is 1. The van der Waals surface area contributed by atoms with E-state index >= 15 is 0 Å². The van der Waals surface area contributed by atoms with Gasteiger partial charge in [0.1, 0.15) is 0 Å². The van der Waals surface area contributed by atoms with Gasteiger partial charge >= 0.3 is 0 Å². The standard InChI is InChI=1S/C22H24N2O2/c1-21-20-14-10-18-22(21)7-8-23(18)12-13(14)6-9-26-17(20)11-19(25)24(21)16-5-3-2-4-15(16)22/h2-6,14,17-18,20H,7-12H2,1H3/t14-,17?,18-,20-,21?,22+/m0/s1. The summed E-state index contributed by atoms with van der Waals surface area (Å²) in [7, 11) is 0. The highest BCUT2D eigenvalue weighted by atomic mass is 16.5. The number of rotatable bonds is 0.